The summed E-state index contributed by atoms with van der Waals surface area (Å²) in [5, 5.41) is 1.20. The number of nitrogens with zero attached hydrogens (tertiary/aromatic N) is 2. The second kappa shape index (κ2) is 10.2. The average Bonchev–Trinajstić information content (AvgIpc) is 3.06. The number of anilines is 2. The van der Waals surface area contributed by atoms with Crippen molar-refractivity contribution >= 4 is 74.9 Å². The van der Waals surface area contributed by atoms with Gasteiger partial charge in [-0.3, -0.25) is 9.69 Å². The molecule has 33 heavy (non-hydrogen) atoms. The zero-order valence-electron chi connectivity index (χ0n) is 17.9. The Hall–Kier alpha value is -2.51. The Morgan fingerprint density at radius 2 is 1.76 bits per heavy atom. The molecule has 168 valence electrons. The molecule has 0 atom stereocenters. The zero-order chi connectivity index (χ0) is 23.5. The Balaban J connectivity index is 1.59. The molecule has 0 spiro atoms. The number of ether oxygens (including phenoxy) is 1. The Morgan fingerprint density at radius 1 is 1.03 bits per heavy atom. The summed E-state index contributed by atoms with van der Waals surface area (Å²) in [4.78, 5) is 17.3. The lowest BCUT2D eigenvalue weighted by Gasteiger charge is -2.17. The Morgan fingerprint density at radius 3 is 2.45 bits per heavy atom. The highest BCUT2D eigenvalue weighted by molar-refractivity contribution is 8.27. The average molecular weight is 515 g/mol. The second-order valence-electron chi connectivity index (χ2n) is 7.53. The monoisotopic (exact) mass is 514 g/mol. The molecule has 1 aliphatic rings. The van der Waals surface area contributed by atoms with E-state index >= 15 is 0 Å². The Labute approximate surface area is 212 Å². The number of thiocarbonyl (C=S) groups is 1. The number of benzene rings is 3. The van der Waals surface area contributed by atoms with Gasteiger partial charge >= 0.3 is 0 Å². The molecule has 1 amide bonds. The van der Waals surface area contributed by atoms with Crippen LogP contribution in [0.1, 0.15) is 11.1 Å². The fraction of sp³-hybridized carbons (Fsp3) is 0.120. The van der Waals surface area contributed by atoms with Gasteiger partial charge in [-0.1, -0.05) is 59.3 Å². The van der Waals surface area contributed by atoms with Crippen LogP contribution in [0, 0.1) is 0 Å². The van der Waals surface area contributed by atoms with E-state index in [0.717, 1.165) is 16.9 Å². The van der Waals surface area contributed by atoms with Crippen molar-refractivity contribution in [1.29, 1.82) is 0 Å². The Bertz CT molecular complexity index is 1240. The van der Waals surface area contributed by atoms with Crippen LogP contribution in [0.4, 0.5) is 11.4 Å². The SMILES string of the molecule is CN(C)c1ccc(N2C(=O)/C(=C\c3cc(Cl)ccc3OCc3cccc(Cl)c3)SC2=S)cc1. The summed E-state index contributed by atoms with van der Waals surface area (Å²) in [6, 6.07) is 20.5. The minimum absolute atomic E-state index is 0.177. The molecule has 0 aliphatic carbocycles. The number of rotatable bonds is 6. The first-order chi connectivity index (χ1) is 15.8. The van der Waals surface area contributed by atoms with Gasteiger partial charge in [0.1, 0.15) is 12.4 Å². The third-order valence-corrected chi connectivity index (χ3v) is 6.73. The maximum absolute atomic E-state index is 13.2. The zero-order valence-corrected chi connectivity index (χ0v) is 21.1. The summed E-state index contributed by atoms with van der Waals surface area (Å²) in [6.45, 7) is 0.336. The topological polar surface area (TPSA) is 32.8 Å². The summed E-state index contributed by atoms with van der Waals surface area (Å²) < 4.78 is 6.50. The third kappa shape index (κ3) is 5.53. The molecule has 0 aromatic heterocycles. The van der Waals surface area contributed by atoms with Gasteiger partial charge in [-0.25, -0.2) is 0 Å². The normalized spacial score (nSPS) is 14.8. The summed E-state index contributed by atoms with van der Waals surface area (Å²) >= 11 is 19.1. The van der Waals surface area contributed by atoms with Gasteiger partial charge in [0.15, 0.2) is 4.32 Å². The van der Waals surface area contributed by atoms with Crippen molar-refractivity contribution in [3.8, 4) is 5.75 Å². The van der Waals surface area contributed by atoms with Crippen LogP contribution in [0.25, 0.3) is 6.08 Å². The second-order valence-corrected chi connectivity index (χ2v) is 10.1. The van der Waals surface area contributed by atoms with Crippen molar-refractivity contribution in [3.63, 3.8) is 0 Å². The Kier molecular flexibility index (Phi) is 7.29. The van der Waals surface area contributed by atoms with Gasteiger partial charge in [-0.2, -0.15) is 0 Å². The van der Waals surface area contributed by atoms with E-state index in [1.165, 1.54) is 11.8 Å². The standard InChI is InChI=1S/C25H20Cl2N2O2S2/c1-28(2)20-7-9-21(10-8-20)29-24(30)23(33-25(29)32)14-17-13-19(27)6-11-22(17)31-15-16-4-3-5-18(26)12-16/h3-14H,15H2,1-2H3/b23-14+. The number of carbonyl (C=O) groups excluding carboxylic acids is 1. The van der Waals surface area contributed by atoms with E-state index in [1.54, 1.807) is 29.2 Å². The molecule has 1 fully saturated rings. The molecule has 0 saturated carbocycles. The van der Waals surface area contributed by atoms with Crippen molar-refractivity contribution in [1.82, 2.24) is 0 Å². The number of halogens is 2. The molecule has 3 aromatic carbocycles. The van der Waals surface area contributed by atoms with Crippen molar-refractivity contribution in [2.24, 2.45) is 0 Å². The molecule has 1 aliphatic heterocycles. The minimum Gasteiger partial charge on any atom is -0.488 e. The number of carbonyl (C=O) groups is 1. The molecule has 4 rings (SSSR count). The van der Waals surface area contributed by atoms with Gasteiger partial charge in [-0.15, -0.1) is 0 Å². The summed E-state index contributed by atoms with van der Waals surface area (Å²) in [5.74, 6) is 0.434. The lowest BCUT2D eigenvalue weighted by Crippen LogP contribution is -2.27. The van der Waals surface area contributed by atoms with Crippen LogP contribution in [0.3, 0.4) is 0 Å². The smallest absolute Gasteiger partial charge is 0.270 e. The molecule has 0 radical (unpaired) electrons. The number of hydrogen-bond donors (Lipinski definition) is 0. The molecular weight excluding hydrogens is 495 g/mol. The molecule has 4 nitrogen and oxygen atoms in total. The molecule has 1 heterocycles. The predicted octanol–water partition coefficient (Wildman–Crippen LogP) is 7.04. The first-order valence-corrected chi connectivity index (χ1v) is 12.0. The largest absolute Gasteiger partial charge is 0.488 e. The quantitative estimate of drug-likeness (QED) is 0.260. The van der Waals surface area contributed by atoms with Gasteiger partial charge in [0, 0.05) is 35.4 Å². The van der Waals surface area contributed by atoms with Crippen LogP contribution in [-0.2, 0) is 11.4 Å². The summed E-state index contributed by atoms with van der Waals surface area (Å²) in [7, 11) is 3.93. The first-order valence-electron chi connectivity index (χ1n) is 10.0. The van der Waals surface area contributed by atoms with Crippen molar-refractivity contribution < 1.29 is 9.53 Å². The highest BCUT2D eigenvalue weighted by Gasteiger charge is 2.33. The number of thioether (sulfide) groups is 1. The molecular formula is C25H20Cl2N2O2S2. The van der Waals surface area contributed by atoms with Crippen molar-refractivity contribution in [3.05, 3.63) is 92.8 Å². The van der Waals surface area contributed by atoms with Crippen molar-refractivity contribution in [2.45, 2.75) is 6.61 Å². The molecule has 0 N–H and O–H groups in total. The van der Waals surface area contributed by atoms with E-state index in [2.05, 4.69) is 0 Å². The van der Waals surface area contributed by atoms with Crippen LogP contribution in [0.15, 0.2) is 71.6 Å². The van der Waals surface area contributed by atoms with Gasteiger partial charge in [0.25, 0.3) is 5.91 Å². The van der Waals surface area contributed by atoms with E-state index < -0.39 is 0 Å². The third-order valence-electron chi connectivity index (χ3n) is 4.96. The van der Waals surface area contributed by atoms with Crippen LogP contribution < -0.4 is 14.5 Å². The van der Waals surface area contributed by atoms with Crippen LogP contribution >= 0.6 is 47.2 Å². The van der Waals surface area contributed by atoms with E-state index in [0.29, 0.717) is 37.2 Å². The van der Waals surface area contributed by atoms with Gasteiger partial charge in [-0.05, 0) is 66.2 Å². The number of amides is 1. The fourth-order valence-electron chi connectivity index (χ4n) is 3.28. The predicted molar refractivity (Wildman–Crippen MR) is 144 cm³/mol. The van der Waals surface area contributed by atoms with E-state index in [9.17, 15) is 4.79 Å². The van der Waals surface area contributed by atoms with Gasteiger partial charge in [0.05, 0.1) is 10.6 Å². The fourth-order valence-corrected chi connectivity index (χ4v) is 4.97. The maximum Gasteiger partial charge on any atom is 0.270 e. The minimum atomic E-state index is -0.177. The molecule has 0 bridgehead atoms. The molecule has 0 unspecified atom stereocenters. The molecule has 8 heteroatoms. The lowest BCUT2D eigenvalue weighted by molar-refractivity contribution is -0.113. The molecule has 3 aromatic rings. The first kappa shape index (κ1) is 23.6. The summed E-state index contributed by atoms with van der Waals surface area (Å²) in [5.41, 5.74) is 3.42. The van der Waals surface area contributed by atoms with E-state index in [-0.39, 0.29) is 5.91 Å². The summed E-state index contributed by atoms with van der Waals surface area (Å²) in [6.07, 6.45) is 1.77. The van der Waals surface area contributed by atoms with E-state index in [1.807, 2.05) is 67.5 Å². The lowest BCUT2D eigenvalue weighted by atomic mass is 10.1. The van der Waals surface area contributed by atoms with Crippen LogP contribution in [-0.4, -0.2) is 24.3 Å². The highest BCUT2D eigenvalue weighted by atomic mass is 35.5. The highest BCUT2D eigenvalue weighted by Crippen LogP contribution is 2.38. The van der Waals surface area contributed by atoms with Gasteiger partial charge < -0.3 is 9.64 Å². The van der Waals surface area contributed by atoms with E-state index in [4.69, 9.17) is 40.2 Å². The van der Waals surface area contributed by atoms with Crippen LogP contribution in [0.5, 0.6) is 5.75 Å². The number of hydrogen-bond acceptors (Lipinski definition) is 5. The van der Waals surface area contributed by atoms with Crippen LogP contribution in [0.2, 0.25) is 10.0 Å². The van der Waals surface area contributed by atoms with Crippen molar-refractivity contribution in [2.75, 3.05) is 23.9 Å². The molecule has 1 saturated heterocycles. The maximum atomic E-state index is 13.2. The van der Waals surface area contributed by atoms with Gasteiger partial charge in [0.2, 0.25) is 0 Å².